The van der Waals surface area contributed by atoms with Gasteiger partial charge < -0.3 is 14.8 Å². The van der Waals surface area contributed by atoms with Gasteiger partial charge in [-0.15, -0.1) is 0 Å². The third-order valence-corrected chi connectivity index (χ3v) is 4.11. The average molecular weight is 234 g/mol. The van der Waals surface area contributed by atoms with Crippen LogP contribution in [0.3, 0.4) is 0 Å². The van der Waals surface area contributed by atoms with Crippen molar-refractivity contribution < 1.29 is 0 Å². The molecule has 0 bridgehead atoms. The summed E-state index contributed by atoms with van der Waals surface area (Å²) >= 11 is 0. The number of imidazole rings is 1. The summed E-state index contributed by atoms with van der Waals surface area (Å²) in [5, 5.41) is 3.58. The van der Waals surface area contributed by atoms with Crippen LogP contribution < -0.4 is 5.32 Å². The van der Waals surface area contributed by atoms with Gasteiger partial charge in [-0.2, -0.15) is 0 Å². The van der Waals surface area contributed by atoms with Crippen molar-refractivity contribution in [3.8, 4) is 0 Å². The highest BCUT2D eigenvalue weighted by Gasteiger charge is 2.25. The van der Waals surface area contributed by atoms with Crippen molar-refractivity contribution in [3.05, 3.63) is 18.2 Å². The molecule has 2 unspecified atom stereocenters. The Morgan fingerprint density at radius 1 is 1.35 bits per heavy atom. The summed E-state index contributed by atoms with van der Waals surface area (Å²) in [5.74, 6) is 0. The lowest BCUT2D eigenvalue weighted by Gasteiger charge is -2.32. The molecule has 2 aliphatic rings. The minimum Gasteiger partial charge on any atom is -0.329 e. The topological polar surface area (TPSA) is 33.1 Å². The maximum Gasteiger partial charge on any atom is 0.0951 e. The summed E-state index contributed by atoms with van der Waals surface area (Å²) in [6.45, 7) is 3.55. The Balaban J connectivity index is 1.79. The minimum absolute atomic E-state index is 0.532. The lowest BCUT2D eigenvalue weighted by molar-refractivity contribution is 0.208. The van der Waals surface area contributed by atoms with Crippen LogP contribution in [0.25, 0.3) is 0 Å². The van der Waals surface area contributed by atoms with Gasteiger partial charge in [-0.1, -0.05) is 0 Å². The molecule has 94 valence electrons. The maximum absolute atomic E-state index is 4.37. The van der Waals surface area contributed by atoms with Crippen LogP contribution in [0.2, 0.25) is 0 Å². The second kappa shape index (κ2) is 4.78. The van der Waals surface area contributed by atoms with Gasteiger partial charge in [0.2, 0.25) is 0 Å². The lowest BCUT2D eigenvalue weighted by Crippen LogP contribution is -2.34. The second-order valence-corrected chi connectivity index (χ2v) is 5.43. The number of piperidine rings is 1. The van der Waals surface area contributed by atoms with E-state index in [1.807, 2.05) is 6.33 Å². The number of likely N-dealkylation sites (N-methyl/N-ethyl adjacent to an activating group) is 1. The van der Waals surface area contributed by atoms with Crippen molar-refractivity contribution >= 4 is 0 Å². The first-order chi connectivity index (χ1) is 8.34. The van der Waals surface area contributed by atoms with E-state index < -0.39 is 0 Å². The van der Waals surface area contributed by atoms with Crippen molar-refractivity contribution in [1.29, 1.82) is 0 Å². The van der Waals surface area contributed by atoms with Gasteiger partial charge in [-0.25, -0.2) is 4.98 Å². The predicted molar refractivity (Wildman–Crippen MR) is 68.0 cm³/mol. The number of hydrogen-bond acceptors (Lipinski definition) is 3. The maximum atomic E-state index is 4.37. The molecule has 4 nitrogen and oxygen atoms in total. The van der Waals surface area contributed by atoms with Gasteiger partial charge in [-0.05, 0) is 45.8 Å². The van der Waals surface area contributed by atoms with E-state index in [-0.39, 0.29) is 0 Å². The van der Waals surface area contributed by atoms with Crippen molar-refractivity contribution in [2.75, 3.05) is 26.7 Å². The molecule has 0 aromatic carbocycles. The van der Waals surface area contributed by atoms with Crippen molar-refractivity contribution in [3.63, 3.8) is 0 Å². The molecule has 1 aromatic heterocycles. The first-order valence-electron chi connectivity index (χ1n) is 6.78. The third kappa shape index (κ3) is 2.24. The van der Waals surface area contributed by atoms with E-state index >= 15 is 0 Å². The van der Waals surface area contributed by atoms with Gasteiger partial charge in [0.15, 0.2) is 0 Å². The molecule has 0 saturated carbocycles. The molecule has 0 aliphatic carbocycles. The van der Waals surface area contributed by atoms with Gasteiger partial charge in [0.05, 0.1) is 12.0 Å². The van der Waals surface area contributed by atoms with Crippen molar-refractivity contribution in [2.45, 2.75) is 37.8 Å². The molecular weight excluding hydrogens is 212 g/mol. The first-order valence-corrected chi connectivity index (χ1v) is 6.78. The number of nitrogens with one attached hydrogen (secondary N) is 1. The number of aromatic nitrogens is 2. The molecule has 2 aliphatic heterocycles. The van der Waals surface area contributed by atoms with Crippen LogP contribution >= 0.6 is 0 Å². The number of hydrogen-bond donors (Lipinski definition) is 1. The fourth-order valence-corrected chi connectivity index (χ4v) is 3.19. The molecule has 4 heteroatoms. The van der Waals surface area contributed by atoms with Gasteiger partial charge in [0.1, 0.15) is 0 Å². The number of nitrogens with zero attached hydrogens (tertiary/aromatic N) is 3. The van der Waals surface area contributed by atoms with Gasteiger partial charge in [0.25, 0.3) is 0 Å². The Kier molecular flexibility index (Phi) is 3.16. The summed E-state index contributed by atoms with van der Waals surface area (Å²) in [6.07, 6.45) is 9.22. The third-order valence-electron chi connectivity index (χ3n) is 4.11. The largest absolute Gasteiger partial charge is 0.329 e. The van der Waals surface area contributed by atoms with Crippen LogP contribution in [0.1, 0.15) is 43.5 Å². The molecule has 3 heterocycles. The molecule has 2 fully saturated rings. The van der Waals surface area contributed by atoms with Gasteiger partial charge in [0, 0.05) is 24.8 Å². The Labute approximate surface area is 103 Å². The predicted octanol–water partition coefficient (Wildman–Crippen LogP) is 1.57. The fourth-order valence-electron chi connectivity index (χ4n) is 3.19. The smallest absolute Gasteiger partial charge is 0.0951 e. The molecule has 17 heavy (non-hydrogen) atoms. The molecule has 1 aromatic rings. The zero-order chi connectivity index (χ0) is 11.7. The van der Waals surface area contributed by atoms with E-state index in [0.29, 0.717) is 12.1 Å². The zero-order valence-electron chi connectivity index (χ0n) is 10.6. The summed E-state index contributed by atoms with van der Waals surface area (Å²) in [6, 6.07) is 1.15. The molecule has 0 radical (unpaired) electrons. The Hall–Kier alpha value is -0.870. The zero-order valence-corrected chi connectivity index (χ0v) is 10.6. The van der Waals surface area contributed by atoms with Crippen LogP contribution in [-0.4, -0.2) is 41.1 Å². The number of likely N-dealkylation sites (tertiary alicyclic amines) is 1. The molecule has 2 atom stereocenters. The Bertz CT molecular complexity index is 367. The number of rotatable bonds is 2. The lowest BCUT2D eigenvalue weighted by atomic mass is 10.0. The van der Waals surface area contributed by atoms with Crippen LogP contribution in [0, 0.1) is 0 Å². The van der Waals surface area contributed by atoms with E-state index in [0.717, 1.165) is 13.1 Å². The van der Waals surface area contributed by atoms with Crippen molar-refractivity contribution in [1.82, 2.24) is 19.8 Å². The quantitative estimate of drug-likeness (QED) is 0.843. The molecule has 0 spiro atoms. The molecule has 1 N–H and O–H groups in total. The highest BCUT2D eigenvalue weighted by atomic mass is 15.2. The van der Waals surface area contributed by atoms with Crippen LogP contribution in [0.15, 0.2) is 12.5 Å². The van der Waals surface area contributed by atoms with E-state index in [9.17, 15) is 0 Å². The van der Waals surface area contributed by atoms with Gasteiger partial charge >= 0.3 is 0 Å². The van der Waals surface area contributed by atoms with E-state index in [1.165, 1.54) is 37.9 Å². The first kappa shape index (κ1) is 11.2. The van der Waals surface area contributed by atoms with E-state index in [1.54, 1.807) is 0 Å². The van der Waals surface area contributed by atoms with Crippen LogP contribution in [-0.2, 0) is 0 Å². The van der Waals surface area contributed by atoms with Crippen LogP contribution in [0.5, 0.6) is 0 Å². The normalized spacial score (nSPS) is 30.9. The van der Waals surface area contributed by atoms with E-state index in [4.69, 9.17) is 0 Å². The molecule has 3 rings (SSSR count). The second-order valence-electron chi connectivity index (χ2n) is 5.43. The summed E-state index contributed by atoms with van der Waals surface area (Å²) in [5.41, 5.74) is 1.39. The molecule has 2 saturated heterocycles. The Morgan fingerprint density at radius 3 is 3.06 bits per heavy atom. The fraction of sp³-hybridized carbons (Fsp3) is 0.769. The monoisotopic (exact) mass is 234 g/mol. The summed E-state index contributed by atoms with van der Waals surface area (Å²) < 4.78 is 2.42. The SMILES string of the molecule is CN1CCCC(n2cncc2C2CCCN2)C1. The van der Waals surface area contributed by atoms with Gasteiger partial charge in [-0.3, -0.25) is 0 Å². The van der Waals surface area contributed by atoms with Crippen LogP contribution in [0.4, 0.5) is 0 Å². The molecule has 0 amide bonds. The summed E-state index contributed by atoms with van der Waals surface area (Å²) in [4.78, 5) is 6.80. The summed E-state index contributed by atoms with van der Waals surface area (Å²) in [7, 11) is 2.22. The minimum atomic E-state index is 0.532. The van der Waals surface area contributed by atoms with E-state index in [2.05, 4.69) is 33.0 Å². The average Bonchev–Trinajstić information content (AvgIpc) is 3.00. The van der Waals surface area contributed by atoms with Crippen molar-refractivity contribution in [2.24, 2.45) is 0 Å². The standard InChI is InChI=1S/C13H22N4/c1-16-7-3-4-11(9-16)17-10-14-8-13(17)12-5-2-6-15-12/h8,10-12,15H,2-7,9H2,1H3. The highest BCUT2D eigenvalue weighted by Crippen LogP contribution is 2.28. The molecular formula is C13H22N4. The highest BCUT2D eigenvalue weighted by molar-refractivity contribution is 5.09. The Morgan fingerprint density at radius 2 is 2.29 bits per heavy atom.